The van der Waals surface area contributed by atoms with E-state index in [0.29, 0.717) is 5.69 Å². The van der Waals surface area contributed by atoms with Crippen LogP contribution in [0.2, 0.25) is 0 Å². The molecule has 0 fully saturated rings. The van der Waals surface area contributed by atoms with Crippen LogP contribution in [0.5, 0.6) is 0 Å². The zero-order valence-corrected chi connectivity index (χ0v) is 6.87. The van der Waals surface area contributed by atoms with E-state index in [1.807, 2.05) is 13.1 Å². The fraction of sp³-hybridized carbons (Fsp3) is 0.250. The van der Waals surface area contributed by atoms with Crippen LogP contribution in [-0.4, -0.2) is 17.9 Å². The van der Waals surface area contributed by atoms with Crippen LogP contribution in [0.1, 0.15) is 16.1 Å². The van der Waals surface area contributed by atoms with Gasteiger partial charge in [-0.1, -0.05) is 6.07 Å². The zero-order valence-electron chi connectivity index (χ0n) is 6.87. The minimum Gasteiger partial charge on any atom is -0.364 e. The Morgan fingerprint density at radius 2 is 2.42 bits per heavy atom. The molecule has 0 unspecified atom stereocenters. The number of aromatic nitrogens is 1. The van der Waals surface area contributed by atoms with Gasteiger partial charge in [-0.25, -0.2) is 0 Å². The van der Waals surface area contributed by atoms with E-state index in [1.165, 1.54) is 0 Å². The number of nitrogens with one attached hydrogen (secondary N) is 1. The summed E-state index contributed by atoms with van der Waals surface area (Å²) in [6, 6.07) is 3.44. The van der Waals surface area contributed by atoms with Crippen LogP contribution in [0, 0.1) is 0 Å². The summed E-state index contributed by atoms with van der Waals surface area (Å²) in [7, 11) is 1.85. The predicted octanol–water partition coefficient (Wildman–Crippen LogP) is -0.100. The van der Waals surface area contributed by atoms with Gasteiger partial charge in [0.05, 0.1) is 0 Å². The molecule has 0 radical (unpaired) electrons. The molecular formula is C8H11N3O. The number of rotatable bonds is 3. The Labute approximate surface area is 70.8 Å². The van der Waals surface area contributed by atoms with Crippen molar-refractivity contribution < 1.29 is 4.79 Å². The van der Waals surface area contributed by atoms with E-state index in [1.54, 1.807) is 12.3 Å². The molecule has 1 rings (SSSR count). The zero-order chi connectivity index (χ0) is 8.97. The number of pyridine rings is 1. The summed E-state index contributed by atoms with van der Waals surface area (Å²) in [5.41, 5.74) is 6.35. The summed E-state index contributed by atoms with van der Waals surface area (Å²) in [4.78, 5) is 14.5. The van der Waals surface area contributed by atoms with Crippen molar-refractivity contribution in [3.8, 4) is 0 Å². The van der Waals surface area contributed by atoms with Gasteiger partial charge in [0.1, 0.15) is 5.69 Å². The summed E-state index contributed by atoms with van der Waals surface area (Å²) >= 11 is 0. The molecule has 0 bridgehead atoms. The third-order valence-corrected chi connectivity index (χ3v) is 1.46. The van der Waals surface area contributed by atoms with Gasteiger partial charge in [-0.3, -0.25) is 9.78 Å². The maximum atomic E-state index is 10.6. The predicted molar refractivity (Wildman–Crippen MR) is 45.5 cm³/mol. The Balaban J connectivity index is 2.78. The Morgan fingerprint density at radius 1 is 1.67 bits per heavy atom. The van der Waals surface area contributed by atoms with Gasteiger partial charge in [0.25, 0.3) is 5.91 Å². The highest BCUT2D eigenvalue weighted by Crippen LogP contribution is 1.98. The van der Waals surface area contributed by atoms with Crippen molar-refractivity contribution in [3.63, 3.8) is 0 Å². The number of carbonyl (C=O) groups excluding carboxylic acids is 1. The van der Waals surface area contributed by atoms with Gasteiger partial charge >= 0.3 is 0 Å². The first kappa shape index (κ1) is 8.67. The summed E-state index contributed by atoms with van der Waals surface area (Å²) in [5.74, 6) is -0.494. The SMILES string of the molecule is CNCc1ccc(C(N)=O)nc1. The minimum absolute atomic E-state index is 0.301. The molecule has 1 heterocycles. The highest BCUT2D eigenvalue weighted by Gasteiger charge is 1.99. The molecule has 0 saturated heterocycles. The second-order valence-corrected chi connectivity index (χ2v) is 2.45. The average molecular weight is 165 g/mol. The smallest absolute Gasteiger partial charge is 0.267 e. The molecule has 3 N–H and O–H groups in total. The maximum Gasteiger partial charge on any atom is 0.267 e. The Bertz CT molecular complexity index is 268. The molecule has 64 valence electrons. The molecule has 1 aromatic heterocycles. The van der Waals surface area contributed by atoms with E-state index in [0.717, 1.165) is 12.1 Å². The number of amides is 1. The van der Waals surface area contributed by atoms with Crippen LogP contribution < -0.4 is 11.1 Å². The molecule has 0 atom stereocenters. The van der Waals surface area contributed by atoms with Crippen molar-refractivity contribution in [2.75, 3.05) is 7.05 Å². The second kappa shape index (κ2) is 3.82. The molecule has 0 aromatic carbocycles. The standard InChI is InChI=1S/C8H11N3O/c1-10-4-6-2-3-7(8(9)12)11-5-6/h2-3,5,10H,4H2,1H3,(H2,9,12). The lowest BCUT2D eigenvalue weighted by molar-refractivity contribution is 0.0995. The van der Waals surface area contributed by atoms with Gasteiger partial charge in [0, 0.05) is 12.7 Å². The van der Waals surface area contributed by atoms with E-state index >= 15 is 0 Å². The molecule has 4 nitrogen and oxygen atoms in total. The number of hydrogen-bond donors (Lipinski definition) is 2. The molecule has 0 spiro atoms. The first-order valence-electron chi connectivity index (χ1n) is 3.63. The van der Waals surface area contributed by atoms with E-state index in [4.69, 9.17) is 5.73 Å². The monoisotopic (exact) mass is 165 g/mol. The number of primary amides is 1. The second-order valence-electron chi connectivity index (χ2n) is 2.45. The molecule has 0 aliphatic heterocycles. The van der Waals surface area contributed by atoms with Crippen LogP contribution >= 0.6 is 0 Å². The Hall–Kier alpha value is -1.42. The van der Waals surface area contributed by atoms with Crippen molar-refractivity contribution in [1.82, 2.24) is 10.3 Å². The third-order valence-electron chi connectivity index (χ3n) is 1.46. The quantitative estimate of drug-likeness (QED) is 0.657. The molecule has 1 amide bonds. The summed E-state index contributed by atoms with van der Waals surface area (Å²) in [6.45, 7) is 0.742. The van der Waals surface area contributed by atoms with Crippen LogP contribution in [0.3, 0.4) is 0 Å². The van der Waals surface area contributed by atoms with Crippen molar-refractivity contribution in [2.24, 2.45) is 5.73 Å². The highest BCUT2D eigenvalue weighted by atomic mass is 16.1. The Kier molecular flexibility index (Phi) is 2.76. The number of nitrogens with zero attached hydrogens (tertiary/aromatic N) is 1. The summed E-state index contributed by atoms with van der Waals surface area (Å²) in [6.07, 6.45) is 1.64. The first-order chi connectivity index (χ1) is 5.74. The molecule has 12 heavy (non-hydrogen) atoms. The van der Waals surface area contributed by atoms with Crippen molar-refractivity contribution >= 4 is 5.91 Å². The van der Waals surface area contributed by atoms with Crippen molar-refractivity contribution in [3.05, 3.63) is 29.6 Å². The molecule has 4 heteroatoms. The molecule has 0 aliphatic carbocycles. The van der Waals surface area contributed by atoms with E-state index in [2.05, 4.69) is 10.3 Å². The van der Waals surface area contributed by atoms with Crippen molar-refractivity contribution in [2.45, 2.75) is 6.54 Å². The Morgan fingerprint density at radius 3 is 2.83 bits per heavy atom. The van der Waals surface area contributed by atoms with Gasteiger partial charge in [-0.15, -0.1) is 0 Å². The van der Waals surface area contributed by atoms with Crippen molar-refractivity contribution in [1.29, 1.82) is 0 Å². The van der Waals surface area contributed by atoms with E-state index < -0.39 is 5.91 Å². The molecule has 1 aromatic rings. The van der Waals surface area contributed by atoms with Gasteiger partial charge in [0.2, 0.25) is 0 Å². The number of carbonyl (C=O) groups is 1. The molecule has 0 aliphatic rings. The maximum absolute atomic E-state index is 10.6. The van der Waals surface area contributed by atoms with Crippen LogP contribution in [-0.2, 0) is 6.54 Å². The fourth-order valence-corrected chi connectivity index (χ4v) is 0.879. The topological polar surface area (TPSA) is 68.0 Å². The van der Waals surface area contributed by atoms with E-state index in [-0.39, 0.29) is 0 Å². The lowest BCUT2D eigenvalue weighted by atomic mass is 10.2. The normalized spacial score (nSPS) is 9.75. The van der Waals surface area contributed by atoms with Gasteiger partial charge in [-0.05, 0) is 18.7 Å². The summed E-state index contributed by atoms with van der Waals surface area (Å²) < 4.78 is 0. The third kappa shape index (κ3) is 2.03. The van der Waals surface area contributed by atoms with Crippen LogP contribution in [0.25, 0.3) is 0 Å². The van der Waals surface area contributed by atoms with E-state index in [9.17, 15) is 4.79 Å². The average Bonchev–Trinajstić information content (AvgIpc) is 2.06. The van der Waals surface area contributed by atoms with Crippen LogP contribution in [0.15, 0.2) is 18.3 Å². The number of hydrogen-bond acceptors (Lipinski definition) is 3. The van der Waals surface area contributed by atoms with Gasteiger partial charge in [0.15, 0.2) is 0 Å². The number of nitrogens with two attached hydrogens (primary N) is 1. The van der Waals surface area contributed by atoms with Crippen LogP contribution in [0.4, 0.5) is 0 Å². The lowest BCUT2D eigenvalue weighted by Crippen LogP contribution is -2.13. The van der Waals surface area contributed by atoms with Gasteiger partial charge < -0.3 is 11.1 Å². The minimum atomic E-state index is -0.494. The first-order valence-corrected chi connectivity index (χ1v) is 3.63. The fourth-order valence-electron chi connectivity index (χ4n) is 0.879. The van der Waals surface area contributed by atoms with Gasteiger partial charge in [-0.2, -0.15) is 0 Å². The highest BCUT2D eigenvalue weighted by molar-refractivity contribution is 5.90. The largest absolute Gasteiger partial charge is 0.364 e. The summed E-state index contributed by atoms with van der Waals surface area (Å²) in [5, 5.41) is 2.98. The molecular weight excluding hydrogens is 154 g/mol. The lowest BCUT2D eigenvalue weighted by Gasteiger charge is -1.99. The molecule has 0 saturated carbocycles.